The van der Waals surface area contributed by atoms with Crippen molar-refractivity contribution in [3.05, 3.63) is 0 Å². The van der Waals surface area contributed by atoms with Crippen LogP contribution in [-0.4, -0.2) is 48.4 Å². The molecule has 90 valence electrons. The molecular weight excluding hydrogens is 212 g/mol. The Hall–Kier alpha value is -1.59. The summed E-state index contributed by atoms with van der Waals surface area (Å²) in [5, 5.41) is 2.33. The van der Waals surface area contributed by atoms with Crippen LogP contribution in [0.15, 0.2) is 0 Å². The molecule has 0 saturated carbocycles. The fourth-order valence-corrected chi connectivity index (χ4v) is 1.55. The van der Waals surface area contributed by atoms with Crippen molar-refractivity contribution in [1.82, 2.24) is 10.2 Å². The van der Waals surface area contributed by atoms with Gasteiger partial charge in [-0.2, -0.15) is 0 Å². The lowest BCUT2D eigenvalue weighted by Crippen LogP contribution is -2.60. The smallest absolute Gasteiger partial charge is 0.330 e. The molecule has 0 bridgehead atoms. The van der Waals surface area contributed by atoms with E-state index in [-0.39, 0.29) is 13.2 Å². The van der Waals surface area contributed by atoms with Gasteiger partial charge in [-0.1, -0.05) is 6.92 Å². The SMILES string of the molecule is CCCN1C[C@H](C(=O)OCC)NC(=O)C1=O. The van der Waals surface area contributed by atoms with Crippen LogP contribution in [0.3, 0.4) is 0 Å². The van der Waals surface area contributed by atoms with Crippen molar-refractivity contribution >= 4 is 17.8 Å². The van der Waals surface area contributed by atoms with Crippen LogP contribution >= 0.6 is 0 Å². The minimum absolute atomic E-state index is 0.192. The monoisotopic (exact) mass is 228 g/mol. The number of carbonyl (C=O) groups is 3. The van der Waals surface area contributed by atoms with Gasteiger partial charge < -0.3 is 15.0 Å². The van der Waals surface area contributed by atoms with E-state index in [0.717, 1.165) is 6.42 Å². The van der Waals surface area contributed by atoms with E-state index in [4.69, 9.17) is 4.74 Å². The first-order valence-corrected chi connectivity index (χ1v) is 5.36. The summed E-state index contributed by atoms with van der Waals surface area (Å²) < 4.78 is 4.80. The molecule has 0 aromatic rings. The van der Waals surface area contributed by atoms with Crippen LogP contribution in [0.25, 0.3) is 0 Å². The van der Waals surface area contributed by atoms with Gasteiger partial charge >= 0.3 is 17.8 Å². The molecule has 1 rings (SSSR count). The molecule has 1 N–H and O–H groups in total. The van der Waals surface area contributed by atoms with Gasteiger partial charge in [-0.05, 0) is 13.3 Å². The highest BCUT2D eigenvalue weighted by Crippen LogP contribution is 2.04. The Morgan fingerprint density at radius 3 is 2.75 bits per heavy atom. The molecule has 1 aliphatic rings. The standard InChI is InChI=1S/C10H16N2O4/c1-3-5-12-6-7(10(15)16-4-2)11-8(13)9(12)14/h7H,3-6H2,1-2H3,(H,11,13)/t7-/m1/s1. The highest BCUT2D eigenvalue weighted by molar-refractivity contribution is 6.36. The largest absolute Gasteiger partial charge is 0.464 e. The third-order valence-electron chi connectivity index (χ3n) is 2.25. The summed E-state index contributed by atoms with van der Waals surface area (Å²) in [7, 11) is 0. The molecule has 0 unspecified atom stereocenters. The van der Waals surface area contributed by atoms with Crippen LogP contribution in [0.4, 0.5) is 0 Å². The highest BCUT2D eigenvalue weighted by atomic mass is 16.5. The van der Waals surface area contributed by atoms with Crippen molar-refractivity contribution in [3.8, 4) is 0 Å². The van der Waals surface area contributed by atoms with E-state index in [9.17, 15) is 14.4 Å². The minimum Gasteiger partial charge on any atom is -0.464 e. The first kappa shape index (κ1) is 12.5. The molecule has 0 aromatic carbocycles. The molecule has 2 amide bonds. The Bertz CT molecular complexity index is 303. The number of amides is 2. The van der Waals surface area contributed by atoms with Gasteiger partial charge in [-0.25, -0.2) is 4.79 Å². The summed E-state index contributed by atoms with van der Waals surface area (Å²) in [4.78, 5) is 35.5. The van der Waals surface area contributed by atoms with Crippen LogP contribution in [0, 0.1) is 0 Å². The van der Waals surface area contributed by atoms with E-state index in [1.165, 1.54) is 4.90 Å². The summed E-state index contributed by atoms with van der Waals surface area (Å²) in [6.07, 6.45) is 0.745. The molecule has 1 heterocycles. The molecule has 1 fully saturated rings. The van der Waals surface area contributed by atoms with E-state index in [1.807, 2.05) is 6.92 Å². The van der Waals surface area contributed by atoms with Crippen molar-refractivity contribution < 1.29 is 19.1 Å². The predicted octanol–water partition coefficient (Wildman–Crippen LogP) is -0.713. The average molecular weight is 228 g/mol. The molecule has 0 aliphatic carbocycles. The second kappa shape index (κ2) is 5.48. The number of esters is 1. The summed E-state index contributed by atoms with van der Waals surface area (Å²) >= 11 is 0. The molecule has 0 spiro atoms. The van der Waals surface area contributed by atoms with Crippen molar-refractivity contribution in [2.24, 2.45) is 0 Å². The molecule has 16 heavy (non-hydrogen) atoms. The quantitative estimate of drug-likeness (QED) is 0.509. The maximum atomic E-state index is 11.4. The Labute approximate surface area is 93.9 Å². The molecule has 1 aliphatic heterocycles. The third kappa shape index (κ3) is 2.71. The first-order valence-electron chi connectivity index (χ1n) is 5.36. The molecule has 0 aromatic heterocycles. The Morgan fingerprint density at radius 2 is 2.19 bits per heavy atom. The van der Waals surface area contributed by atoms with Gasteiger partial charge in [-0.3, -0.25) is 9.59 Å². The minimum atomic E-state index is -0.739. The lowest BCUT2D eigenvalue weighted by molar-refractivity contribution is -0.156. The molecule has 0 radical (unpaired) electrons. The number of nitrogens with zero attached hydrogens (tertiary/aromatic N) is 1. The zero-order chi connectivity index (χ0) is 12.1. The number of ether oxygens (including phenoxy) is 1. The number of hydrogen-bond donors (Lipinski definition) is 1. The van der Waals surface area contributed by atoms with Crippen molar-refractivity contribution in [2.45, 2.75) is 26.3 Å². The fourth-order valence-electron chi connectivity index (χ4n) is 1.55. The van der Waals surface area contributed by atoms with Crippen LogP contribution in [-0.2, 0) is 19.1 Å². The summed E-state index contributed by atoms with van der Waals surface area (Å²) in [5.41, 5.74) is 0. The molecular formula is C10H16N2O4. The Balaban J connectivity index is 2.66. The lowest BCUT2D eigenvalue weighted by Gasteiger charge is -2.31. The number of nitrogens with one attached hydrogen (secondary N) is 1. The molecule has 6 nitrogen and oxygen atoms in total. The van der Waals surface area contributed by atoms with E-state index in [0.29, 0.717) is 6.54 Å². The number of rotatable bonds is 4. The fraction of sp³-hybridized carbons (Fsp3) is 0.700. The van der Waals surface area contributed by atoms with Crippen molar-refractivity contribution in [2.75, 3.05) is 19.7 Å². The number of carbonyl (C=O) groups excluding carboxylic acids is 3. The van der Waals surface area contributed by atoms with Gasteiger partial charge in [0.2, 0.25) is 0 Å². The maximum absolute atomic E-state index is 11.4. The van der Waals surface area contributed by atoms with Crippen LogP contribution in [0.2, 0.25) is 0 Å². The lowest BCUT2D eigenvalue weighted by atomic mass is 10.2. The third-order valence-corrected chi connectivity index (χ3v) is 2.25. The highest BCUT2D eigenvalue weighted by Gasteiger charge is 2.35. The summed E-state index contributed by atoms with van der Waals surface area (Å²) in [6, 6.07) is -0.739. The first-order chi connectivity index (χ1) is 7.60. The van der Waals surface area contributed by atoms with E-state index < -0.39 is 23.8 Å². The van der Waals surface area contributed by atoms with Gasteiger partial charge in [0, 0.05) is 6.54 Å². The van der Waals surface area contributed by atoms with Crippen molar-refractivity contribution in [1.29, 1.82) is 0 Å². The topological polar surface area (TPSA) is 75.7 Å². The molecule has 1 atom stereocenters. The van der Waals surface area contributed by atoms with Crippen LogP contribution in [0.1, 0.15) is 20.3 Å². The molecule has 1 saturated heterocycles. The summed E-state index contributed by atoms with van der Waals surface area (Å²) in [6.45, 7) is 4.52. The Morgan fingerprint density at radius 1 is 1.50 bits per heavy atom. The second-order valence-electron chi connectivity index (χ2n) is 3.53. The normalized spacial score (nSPS) is 20.6. The van der Waals surface area contributed by atoms with Gasteiger partial charge in [0.05, 0.1) is 13.2 Å². The zero-order valence-electron chi connectivity index (χ0n) is 9.49. The number of piperazine rings is 1. The number of hydrogen-bond acceptors (Lipinski definition) is 4. The van der Waals surface area contributed by atoms with E-state index >= 15 is 0 Å². The van der Waals surface area contributed by atoms with Gasteiger partial charge in [0.25, 0.3) is 0 Å². The zero-order valence-corrected chi connectivity index (χ0v) is 9.49. The van der Waals surface area contributed by atoms with E-state index in [1.54, 1.807) is 6.92 Å². The van der Waals surface area contributed by atoms with Crippen molar-refractivity contribution in [3.63, 3.8) is 0 Å². The average Bonchev–Trinajstić information content (AvgIpc) is 2.25. The molecule has 6 heteroatoms. The van der Waals surface area contributed by atoms with E-state index in [2.05, 4.69) is 5.32 Å². The predicted molar refractivity (Wildman–Crippen MR) is 55.4 cm³/mol. The Kier molecular flexibility index (Phi) is 4.28. The van der Waals surface area contributed by atoms with Crippen LogP contribution in [0.5, 0.6) is 0 Å². The summed E-state index contributed by atoms with van der Waals surface area (Å²) in [5.74, 6) is -1.82. The van der Waals surface area contributed by atoms with Gasteiger partial charge in [0.1, 0.15) is 6.04 Å². The van der Waals surface area contributed by atoms with Gasteiger partial charge in [-0.15, -0.1) is 0 Å². The maximum Gasteiger partial charge on any atom is 0.330 e. The van der Waals surface area contributed by atoms with Gasteiger partial charge in [0.15, 0.2) is 0 Å². The van der Waals surface area contributed by atoms with Crippen LogP contribution < -0.4 is 5.32 Å². The second-order valence-corrected chi connectivity index (χ2v) is 3.53.